The van der Waals surface area contributed by atoms with Gasteiger partial charge in [0.2, 0.25) is 0 Å². The van der Waals surface area contributed by atoms with Crippen LogP contribution in [0.4, 0.5) is 0 Å². The van der Waals surface area contributed by atoms with Crippen molar-refractivity contribution in [2.45, 2.75) is 25.8 Å². The van der Waals surface area contributed by atoms with E-state index in [0.717, 1.165) is 22.0 Å². The summed E-state index contributed by atoms with van der Waals surface area (Å²) in [6.45, 7) is 1.85. The van der Waals surface area contributed by atoms with Crippen LogP contribution in [-0.4, -0.2) is 28.6 Å². The second-order valence-corrected chi connectivity index (χ2v) is 7.08. The lowest BCUT2D eigenvalue weighted by Crippen LogP contribution is -2.39. The highest BCUT2D eigenvalue weighted by Gasteiger charge is 2.20. The lowest BCUT2D eigenvalue weighted by molar-refractivity contribution is 0.0911. The fourth-order valence-corrected chi connectivity index (χ4v) is 3.40. The van der Waals surface area contributed by atoms with Crippen LogP contribution in [0.2, 0.25) is 10.0 Å². The molecule has 0 spiro atoms. The van der Waals surface area contributed by atoms with Crippen molar-refractivity contribution in [3.8, 4) is 0 Å². The van der Waals surface area contributed by atoms with Gasteiger partial charge in [-0.2, -0.15) is 0 Å². The van der Waals surface area contributed by atoms with Crippen molar-refractivity contribution >= 4 is 40.0 Å². The van der Waals surface area contributed by atoms with Gasteiger partial charge in [-0.1, -0.05) is 42.3 Å². The molecule has 6 heteroatoms. The molecule has 0 fully saturated rings. The number of carbonyl (C=O) groups excluding carboxylic acids is 1. The van der Waals surface area contributed by atoms with Gasteiger partial charge in [-0.25, -0.2) is 0 Å². The molecule has 0 aliphatic carbocycles. The highest BCUT2D eigenvalue weighted by molar-refractivity contribution is 6.31. The maximum Gasteiger partial charge on any atom is 0.268 e. The molecule has 0 saturated heterocycles. The number of carbonyl (C=O) groups is 1. The van der Waals surface area contributed by atoms with E-state index in [0.29, 0.717) is 28.6 Å². The second kappa shape index (κ2) is 8.12. The molecular formula is C20H20Cl2N2O2. The van der Waals surface area contributed by atoms with Crippen molar-refractivity contribution in [2.75, 3.05) is 6.61 Å². The molecule has 0 aliphatic heterocycles. The SMILES string of the molecule is CCc1c(C(=O)N[C@@H](CO)Cc2ccc(Cl)cc2)[nH]c2ccc(Cl)cc12. The van der Waals surface area contributed by atoms with Crippen LogP contribution >= 0.6 is 23.2 Å². The molecule has 0 unspecified atom stereocenters. The third-order valence-electron chi connectivity index (χ3n) is 4.40. The Bertz CT molecular complexity index is 919. The Morgan fingerprint density at radius 1 is 1.15 bits per heavy atom. The minimum absolute atomic E-state index is 0.151. The molecule has 26 heavy (non-hydrogen) atoms. The summed E-state index contributed by atoms with van der Waals surface area (Å²) in [5, 5.41) is 14.8. The molecule has 2 aromatic carbocycles. The van der Waals surface area contributed by atoms with Crippen LogP contribution in [0.15, 0.2) is 42.5 Å². The molecule has 0 aliphatic rings. The average Bonchev–Trinajstić information content (AvgIpc) is 3.00. The summed E-state index contributed by atoms with van der Waals surface area (Å²) in [7, 11) is 0. The van der Waals surface area contributed by atoms with Crippen LogP contribution in [0.5, 0.6) is 0 Å². The third kappa shape index (κ3) is 4.04. The Labute approximate surface area is 162 Å². The van der Waals surface area contributed by atoms with E-state index in [1.807, 2.05) is 31.2 Å². The minimum Gasteiger partial charge on any atom is -0.394 e. The molecule has 1 amide bonds. The lowest BCUT2D eigenvalue weighted by Gasteiger charge is -2.16. The number of aromatic nitrogens is 1. The Hall–Kier alpha value is -2.01. The Kier molecular flexibility index (Phi) is 5.87. The number of hydrogen-bond donors (Lipinski definition) is 3. The van der Waals surface area contributed by atoms with Crippen molar-refractivity contribution in [3.05, 3.63) is 69.3 Å². The van der Waals surface area contributed by atoms with E-state index in [-0.39, 0.29) is 18.6 Å². The van der Waals surface area contributed by atoms with Crippen LogP contribution < -0.4 is 5.32 Å². The summed E-state index contributed by atoms with van der Waals surface area (Å²) >= 11 is 12.0. The van der Waals surface area contributed by atoms with E-state index in [2.05, 4.69) is 10.3 Å². The summed E-state index contributed by atoms with van der Waals surface area (Å²) in [6.07, 6.45) is 1.22. The molecule has 1 heterocycles. The first-order valence-electron chi connectivity index (χ1n) is 8.48. The number of hydrogen-bond acceptors (Lipinski definition) is 2. The molecule has 4 nitrogen and oxygen atoms in total. The third-order valence-corrected chi connectivity index (χ3v) is 4.89. The summed E-state index contributed by atoms with van der Waals surface area (Å²) in [6, 6.07) is 12.5. The number of aryl methyl sites for hydroxylation is 1. The zero-order chi connectivity index (χ0) is 18.7. The summed E-state index contributed by atoms with van der Waals surface area (Å²) in [4.78, 5) is 16.0. The Morgan fingerprint density at radius 3 is 2.50 bits per heavy atom. The van der Waals surface area contributed by atoms with E-state index in [9.17, 15) is 9.90 Å². The smallest absolute Gasteiger partial charge is 0.268 e. The van der Waals surface area contributed by atoms with Gasteiger partial charge in [-0.3, -0.25) is 4.79 Å². The fourth-order valence-electron chi connectivity index (χ4n) is 3.10. The number of aliphatic hydroxyl groups is 1. The standard InChI is InChI=1S/C20H20Cl2N2O2/c1-2-16-17-10-14(22)7-8-18(17)24-19(16)20(26)23-15(11-25)9-12-3-5-13(21)6-4-12/h3-8,10,15,24-25H,2,9,11H2,1H3,(H,23,26)/t15-/m1/s1. The first-order chi connectivity index (χ1) is 12.5. The van der Waals surface area contributed by atoms with E-state index in [1.165, 1.54) is 0 Å². The van der Waals surface area contributed by atoms with Gasteiger partial charge in [-0.15, -0.1) is 0 Å². The first kappa shape index (κ1) is 18.8. The number of H-pyrrole nitrogens is 1. The predicted molar refractivity (Wildman–Crippen MR) is 106 cm³/mol. The zero-order valence-electron chi connectivity index (χ0n) is 14.4. The number of fused-ring (bicyclic) bond motifs is 1. The lowest BCUT2D eigenvalue weighted by atomic mass is 10.1. The minimum atomic E-state index is -0.386. The summed E-state index contributed by atoms with van der Waals surface area (Å²) in [5.41, 5.74) is 3.30. The van der Waals surface area contributed by atoms with Crippen molar-refractivity contribution in [1.29, 1.82) is 0 Å². The van der Waals surface area contributed by atoms with Crippen LogP contribution in [0.3, 0.4) is 0 Å². The van der Waals surface area contributed by atoms with Crippen LogP contribution in [0.25, 0.3) is 10.9 Å². The highest BCUT2D eigenvalue weighted by Crippen LogP contribution is 2.26. The number of aromatic amines is 1. The molecule has 136 valence electrons. The van der Waals surface area contributed by atoms with Crippen molar-refractivity contribution in [1.82, 2.24) is 10.3 Å². The van der Waals surface area contributed by atoms with Gasteiger partial charge in [0.1, 0.15) is 5.69 Å². The molecule has 3 rings (SSSR count). The molecule has 1 atom stereocenters. The Balaban J connectivity index is 1.81. The van der Waals surface area contributed by atoms with Gasteiger partial charge in [0, 0.05) is 20.9 Å². The maximum atomic E-state index is 12.8. The molecular weight excluding hydrogens is 371 g/mol. The topological polar surface area (TPSA) is 65.1 Å². The number of nitrogens with one attached hydrogen (secondary N) is 2. The van der Waals surface area contributed by atoms with E-state index < -0.39 is 0 Å². The van der Waals surface area contributed by atoms with Gasteiger partial charge in [0.15, 0.2) is 0 Å². The number of rotatable bonds is 6. The zero-order valence-corrected chi connectivity index (χ0v) is 15.9. The van der Waals surface area contributed by atoms with Gasteiger partial charge >= 0.3 is 0 Å². The van der Waals surface area contributed by atoms with Crippen LogP contribution in [-0.2, 0) is 12.8 Å². The van der Waals surface area contributed by atoms with Crippen molar-refractivity contribution < 1.29 is 9.90 Å². The molecule has 0 radical (unpaired) electrons. The molecule has 0 saturated carbocycles. The van der Waals surface area contributed by atoms with Crippen molar-refractivity contribution in [3.63, 3.8) is 0 Å². The highest BCUT2D eigenvalue weighted by atomic mass is 35.5. The number of aliphatic hydroxyl groups excluding tert-OH is 1. The fraction of sp³-hybridized carbons (Fsp3) is 0.250. The molecule has 0 bridgehead atoms. The van der Waals surface area contributed by atoms with Crippen LogP contribution in [0, 0.1) is 0 Å². The van der Waals surface area contributed by atoms with Crippen molar-refractivity contribution in [2.24, 2.45) is 0 Å². The van der Waals surface area contributed by atoms with Gasteiger partial charge in [0.25, 0.3) is 5.91 Å². The van der Waals surface area contributed by atoms with Crippen LogP contribution in [0.1, 0.15) is 28.5 Å². The summed E-state index contributed by atoms with van der Waals surface area (Å²) in [5.74, 6) is -0.234. The molecule has 3 N–H and O–H groups in total. The van der Waals surface area contributed by atoms with Gasteiger partial charge in [-0.05, 0) is 54.3 Å². The monoisotopic (exact) mass is 390 g/mol. The average molecular weight is 391 g/mol. The largest absolute Gasteiger partial charge is 0.394 e. The molecule has 1 aromatic heterocycles. The quantitative estimate of drug-likeness (QED) is 0.584. The predicted octanol–water partition coefficient (Wildman–Crippen LogP) is 4.37. The van der Waals surface area contributed by atoms with E-state index in [1.54, 1.807) is 18.2 Å². The maximum absolute atomic E-state index is 12.8. The van der Waals surface area contributed by atoms with Gasteiger partial charge < -0.3 is 15.4 Å². The number of benzene rings is 2. The Morgan fingerprint density at radius 2 is 1.85 bits per heavy atom. The van der Waals surface area contributed by atoms with Gasteiger partial charge in [0.05, 0.1) is 12.6 Å². The first-order valence-corrected chi connectivity index (χ1v) is 9.23. The summed E-state index contributed by atoms with van der Waals surface area (Å²) < 4.78 is 0. The number of amides is 1. The normalized spacial score (nSPS) is 12.3. The van der Waals surface area contributed by atoms with E-state index in [4.69, 9.17) is 23.2 Å². The molecule has 3 aromatic rings. The second-order valence-electron chi connectivity index (χ2n) is 6.21. The number of halogens is 2. The van der Waals surface area contributed by atoms with E-state index >= 15 is 0 Å².